The van der Waals surface area contributed by atoms with Crippen molar-refractivity contribution in [1.82, 2.24) is 5.32 Å². The van der Waals surface area contributed by atoms with Gasteiger partial charge in [0.05, 0.1) is 0 Å². The zero-order valence-corrected chi connectivity index (χ0v) is 6.96. The van der Waals surface area contributed by atoms with Crippen molar-refractivity contribution in [2.24, 2.45) is 9.98 Å². The molecule has 2 N–H and O–H groups in total. The Bertz CT molecular complexity index is 382. The highest BCUT2D eigenvalue weighted by Gasteiger charge is 2.35. The molecule has 2 aliphatic rings. The van der Waals surface area contributed by atoms with Crippen LogP contribution in [0.5, 0.6) is 0 Å². The van der Waals surface area contributed by atoms with Crippen molar-refractivity contribution in [3.05, 3.63) is 5.21 Å². The number of guanidine groups is 1. The molecule has 0 radical (unpaired) electrons. The van der Waals surface area contributed by atoms with Crippen LogP contribution < -0.4 is 5.32 Å². The standard InChI is InChI=1S/C5H3N5O2.ClH/c6-5-8-3-2(4(11)9-5)10(12)1-7-3;/h1H,(H2,6,9,11);1H. The van der Waals surface area contributed by atoms with Gasteiger partial charge < -0.3 is 5.21 Å². The van der Waals surface area contributed by atoms with Crippen LogP contribution in [0.2, 0.25) is 0 Å². The fraction of sp³-hybridized carbons (Fsp3) is 0. The highest BCUT2D eigenvalue weighted by molar-refractivity contribution is 6.69. The van der Waals surface area contributed by atoms with Crippen LogP contribution >= 0.6 is 12.4 Å². The monoisotopic (exact) mass is 201 g/mol. The summed E-state index contributed by atoms with van der Waals surface area (Å²) in [5.74, 6) is -0.942. The number of nitrogens with zero attached hydrogens (tertiary/aromatic N) is 3. The average Bonchev–Trinajstić information content (AvgIpc) is 2.31. The fourth-order valence-electron chi connectivity index (χ4n) is 0.909. The minimum atomic E-state index is -0.641. The number of halogens is 1. The van der Waals surface area contributed by atoms with Crippen molar-refractivity contribution in [2.45, 2.75) is 0 Å². The van der Waals surface area contributed by atoms with Gasteiger partial charge in [0.1, 0.15) is 0 Å². The van der Waals surface area contributed by atoms with Gasteiger partial charge in [-0.2, -0.15) is 4.99 Å². The summed E-state index contributed by atoms with van der Waals surface area (Å²) in [6.45, 7) is 0. The zero-order chi connectivity index (χ0) is 8.72. The highest BCUT2D eigenvalue weighted by atomic mass is 35.5. The molecule has 0 aromatic rings. The summed E-state index contributed by atoms with van der Waals surface area (Å²) in [5.41, 5.74) is -0.161. The summed E-state index contributed by atoms with van der Waals surface area (Å²) in [5, 5.41) is 19.9. The second-order valence-electron chi connectivity index (χ2n) is 2.16. The van der Waals surface area contributed by atoms with Gasteiger partial charge in [0.25, 0.3) is 12.1 Å². The van der Waals surface area contributed by atoms with Crippen LogP contribution in [0.25, 0.3) is 0 Å². The molecule has 68 valence electrons. The van der Waals surface area contributed by atoms with Crippen molar-refractivity contribution >= 4 is 42.2 Å². The van der Waals surface area contributed by atoms with Gasteiger partial charge in [-0.05, 0) is 4.99 Å². The maximum Gasteiger partial charge on any atom is 0.322 e. The largest absolute Gasteiger partial charge is 0.710 e. The second-order valence-corrected chi connectivity index (χ2v) is 2.16. The maximum absolute atomic E-state index is 11.0. The normalized spacial score (nSPS) is 19.2. The third kappa shape index (κ3) is 1.29. The first-order chi connectivity index (χ1) is 5.68. The lowest BCUT2D eigenvalue weighted by Gasteiger charge is -2.07. The first kappa shape index (κ1) is 9.33. The molecular weight excluding hydrogens is 198 g/mol. The molecule has 0 saturated heterocycles. The molecule has 2 heterocycles. The van der Waals surface area contributed by atoms with E-state index in [4.69, 9.17) is 5.41 Å². The molecule has 0 aromatic carbocycles. The first-order valence-electron chi connectivity index (χ1n) is 3.05. The van der Waals surface area contributed by atoms with Crippen LogP contribution in [0.3, 0.4) is 0 Å². The summed E-state index contributed by atoms with van der Waals surface area (Å²) in [4.78, 5) is 18.1. The first-order valence-corrected chi connectivity index (χ1v) is 3.05. The number of rotatable bonds is 0. The van der Waals surface area contributed by atoms with Gasteiger partial charge in [-0.1, -0.05) is 0 Å². The molecule has 0 bridgehead atoms. The molecule has 2 rings (SSSR count). The van der Waals surface area contributed by atoms with Gasteiger partial charge in [-0.3, -0.25) is 15.5 Å². The molecule has 0 fully saturated rings. The highest BCUT2D eigenvalue weighted by Crippen LogP contribution is 1.99. The number of hydrogen-bond acceptors (Lipinski definition) is 4. The number of hydrogen-bond donors (Lipinski definition) is 2. The van der Waals surface area contributed by atoms with E-state index in [1.807, 2.05) is 0 Å². The van der Waals surface area contributed by atoms with Gasteiger partial charge in [-0.15, -0.1) is 12.4 Å². The average molecular weight is 202 g/mol. The molecule has 0 atom stereocenters. The number of carbonyl (C=O) groups is 1. The van der Waals surface area contributed by atoms with E-state index >= 15 is 0 Å². The predicted octanol–water partition coefficient (Wildman–Crippen LogP) is -1.14. The lowest BCUT2D eigenvalue weighted by molar-refractivity contribution is -0.308. The SMILES string of the molecule is Cl.N=C1N=C2N=C[N+]([O-])=C2C(=O)N1. The van der Waals surface area contributed by atoms with Crippen LogP contribution in [0, 0.1) is 10.6 Å². The van der Waals surface area contributed by atoms with E-state index in [0.717, 1.165) is 6.34 Å². The summed E-state index contributed by atoms with van der Waals surface area (Å²) in [6, 6.07) is 0. The molecule has 0 saturated carbocycles. The van der Waals surface area contributed by atoms with E-state index in [-0.39, 0.29) is 29.9 Å². The van der Waals surface area contributed by atoms with Gasteiger partial charge in [0, 0.05) is 0 Å². The molecule has 7 nitrogen and oxygen atoms in total. The molecular formula is C5H4ClN5O2. The molecule has 0 aliphatic carbocycles. The summed E-state index contributed by atoms with van der Waals surface area (Å²) in [6.07, 6.45) is 0.937. The van der Waals surface area contributed by atoms with Crippen LogP contribution in [0.1, 0.15) is 0 Å². The Morgan fingerprint density at radius 1 is 1.62 bits per heavy atom. The second kappa shape index (κ2) is 2.94. The molecule has 8 heteroatoms. The fourth-order valence-corrected chi connectivity index (χ4v) is 0.909. The van der Waals surface area contributed by atoms with E-state index in [0.29, 0.717) is 4.74 Å². The predicted molar refractivity (Wildman–Crippen MR) is 47.7 cm³/mol. The molecule has 0 unspecified atom stereocenters. The number of fused-ring (bicyclic) bond motifs is 1. The third-order valence-electron chi connectivity index (χ3n) is 1.38. The smallest absolute Gasteiger partial charge is 0.322 e. The minimum Gasteiger partial charge on any atom is -0.710 e. The van der Waals surface area contributed by atoms with Crippen LogP contribution in [0.15, 0.2) is 9.98 Å². The van der Waals surface area contributed by atoms with Gasteiger partial charge in [0.2, 0.25) is 5.96 Å². The van der Waals surface area contributed by atoms with Crippen molar-refractivity contribution in [1.29, 1.82) is 5.41 Å². The Morgan fingerprint density at radius 2 is 2.31 bits per heavy atom. The summed E-state index contributed by atoms with van der Waals surface area (Å²) >= 11 is 0. The van der Waals surface area contributed by atoms with E-state index in [9.17, 15) is 10.0 Å². The number of hydroxylamine groups is 1. The molecule has 0 spiro atoms. The van der Waals surface area contributed by atoms with Crippen molar-refractivity contribution < 1.29 is 9.53 Å². The van der Waals surface area contributed by atoms with Gasteiger partial charge in [-0.25, -0.2) is 4.74 Å². The quantitative estimate of drug-likeness (QED) is 0.382. The Kier molecular flexibility index (Phi) is 2.11. The molecule has 0 aromatic heterocycles. The van der Waals surface area contributed by atoms with E-state index in [1.54, 1.807) is 0 Å². The van der Waals surface area contributed by atoms with Crippen LogP contribution in [-0.4, -0.2) is 34.5 Å². The lowest BCUT2D eigenvalue weighted by atomic mass is 10.3. The maximum atomic E-state index is 11.0. The number of amidine groups is 1. The molecule has 2 aliphatic heterocycles. The Hall–Kier alpha value is -1.76. The number of amides is 1. The number of nitrogens with one attached hydrogen (secondary N) is 2. The lowest BCUT2D eigenvalue weighted by Crippen LogP contribution is -2.44. The van der Waals surface area contributed by atoms with E-state index in [1.165, 1.54) is 0 Å². The summed E-state index contributed by atoms with van der Waals surface area (Å²) in [7, 11) is 0. The van der Waals surface area contributed by atoms with Gasteiger partial charge in [0.15, 0.2) is 0 Å². The van der Waals surface area contributed by atoms with E-state index < -0.39 is 5.91 Å². The minimum absolute atomic E-state index is 0. The number of carbonyl (C=O) groups excluding carboxylic acids is 1. The molecule has 1 amide bonds. The van der Waals surface area contributed by atoms with Gasteiger partial charge >= 0.3 is 11.7 Å². The number of aliphatic imine (C=N–C) groups is 2. The zero-order valence-electron chi connectivity index (χ0n) is 6.14. The topological polar surface area (TPSA) is 104 Å². The third-order valence-corrected chi connectivity index (χ3v) is 1.38. The Labute approximate surface area is 78.4 Å². The van der Waals surface area contributed by atoms with Crippen molar-refractivity contribution in [3.63, 3.8) is 0 Å². The van der Waals surface area contributed by atoms with Crippen molar-refractivity contribution in [2.75, 3.05) is 0 Å². The molecule has 13 heavy (non-hydrogen) atoms. The van der Waals surface area contributed by atoms with E-state index in [2.05, 4.69) is 15.3 Å². The Balaban J connectivity index is 0.000000845. The Morgan fingerprint density at radius 3 is 3.00 bits per heavy atom. The van der Waals surface area contributed by atoms with Crippen LogP contribution in [-0.2, 0) is 4.79 Å². The van der Waals surface area contributed by atoms with Crippen molar-refractivity contribution in [3.8, 4) is 0 Å². The summed E-state index contributed by atoms with van der Waals surface area (Å²) < 4.78 is 0.320. The van der Waals surface area contributed by atoms with Crippen LogP contribution in [0.4, 0.5) is 0 Å².